The molecule has 0 spiro atoms. The van der Waals surface area contributed by atoms with E-state index in [4.69, 9.17) is 44.9 Å². The molecule has 6 nitrogen and oxygen atoms in total. The molecule has 0 radical (unpaired) electrons. The number of halogens is 2. The number of aromatic nitrogens is 3. The number of hydrogen-bond donors (Lipinski definition) is 1. The van der Waals surface area contributed by atoms with Crippen molar-refractivity contribution < 1.29 is 9.47 Å². The van der Waals surface area contributed by atoms with Crippen molar-refractivity contribution in [1.82, 2.24) is 14.9 Å². The van der Waals surface area contributed by atoms with Gasteiger partial charge in [0.05, 0.1) is 25.5 Å². The third kappa shape index (κ3) is 3.75. The van der Waals surface area contributed by atoms with Crippen molar-refractivity contribution in [3.8, 4) is 11.5 Å². The van der Waals surface area contributed by atoms with E-state index in [0.29, 0.717) is 37.8 Å². The van der Waals surface area contributed by atoms with Crippen LogP contribution in [0.15, 0.2) is 11.2 Å². The molecule has 1 N–H and O–H groups in total. The zero-order valence-electron chi connectivity index (χ0n) is 14.6. The normalized spacial score (nSPS) is 15.5. The van der Waals surface area contributed by atoms with Crippen molar-refractivity contribution in [3.63, 3.8) is 0 Å². The van der Waals surface area contributed by atoms with Gasteiger partial charge in [0.25, 0.3) is 0 Å². The van der Waals surface area contributed by atoms with Crippen LogP contribution in [0.2, 0.25) is 10.0 Å². The summed E-state index contributed by atoms with van der Waals surface area (Å²) in [5.74, 6) is 2.02. The first-order valence-electron chi connectivity index (χ1n) is 8.38. The Balaban J connectivity index is 1.99. The third-order valence-electron chi connectivity index (χ3n) is 4.53. The Bertz CT molecular complexity index is 872. The summed E-state index contributed by atoms with van der Waals surface area (Å²) in [7, 11) is 3.03. The van der Waals surface area contributed by atoms with Crippen molar-refractivity contribution in [2.24, 2.45) is 5.10 Å². The fourth-order valence-electron chi connectivity index (χ4n) is 3.25. The number of rotatable bonds is 5. The Hall–Kier alpha value is -1.57. The zero-order valence-corrected chi connectivity index (χ0v) is 16.9. The molecule has 9 heteroatoms. The molecule has 0 atom stereocenters. The van der Waals surface area contributed by atoms with Gasteiger partial charge in [-0.15, -0.1) is 0 Å². The number of ether oxygens (including phenoxy) is 2. The van der Waals surface area contributed by atoms with Crippen LogP contribution in [-0.2, 0) is 0 Å². The second-order valence-corrected chi connectivity index (χ2v) is 7.28. The number of benzene rings is 1. The first-order chi connectivity index (χ1) is 12.6. The highest BCUT2D eigenvalue weighted by atomic mass is 35.5. The monoisotopic (exact) mass is 414 g/mol. The maximum atomic E-state index is 6.32. The van der Waals surface area contributed by atoms with Crippen LogP contribution in [0.3, 0.4) is 0 Å². The second kappa shape index (κ2) is 8.41. The first kappa shape index (κ1) is 19.2. The van der Waals surface area contributed by atoms with E-state index in [-0.39, 0.29) is 0 Å². The molecule has 3 rings (SSSR count). The van der Waals surface area contributed by atoms with E-state index in [9.17, 15) is 0 Å². The largest absolute Gasteiger partial charge is 0.494 e. The highest BCUT2D eigenvalue weighted by molar-refractivity contribution is 7.71. The van der Waals surface area contributed by atoms with Crippen LogP contribution in [0.4, 0.5) is 0 Å². The highest BCUT2D eigenvalue weighted by Gasteiger charge is 2.21. The molecule has 1 aliphatic rings. The molecule has 0 unspecified atom stereocenters. The zero-order chi connectivity index (χ0) is 18.7. The Morgan fingerprint density at radius 1 is 1.23 bits per heavy atom. The molecule has 140 valence electrons. The van der Waals surface area contributed by atoms with Crippen LogP contribution in [0, 0.1) is 4.77 Å². The van der Waals surface area contributed by atoms with Crippen LogP contribution >= 0.6 is 35.4 Å². The quantitative estimate of drug-likeness (QED) is 0.539. The lowest BCUT2D eigenvalue weighted by atomic mass is 9.89. The van der Waals surface area contributed by atoms with Gasteiger partial charge in [-0.05, 0) is 31.1 Å². The van der Waals surface area contributed by atoms with Crippen molar-refractivity contribution >= 4 is 41.6 Å². The second-order valence-electron chi connectivity index (χ2n) is 6.11. The van der Waals surface area contributed by atoms with Crippen LogP contribution in [-0.4, -0.2) is 35.3 Å². The number of nitrogens with one attached hydrogen (secondary N) is 1. The van der Waals surface area contributed by atoms with Gasteiger partial charge in [0.2, 0.25) is 4.77 Å². The van der Waals surface area contributed by atoms with E-state index in [1.807, 2.05) is 0 Å². The minimum Gasteiger partial charge on any atom is -0.494 e. The van der Waals surface area contributed by atoms with Gasteiger partial charge in [-0.25, -0.2) is 0 Å². The molecule has 0 aliphatic heterocycles. The Morgan fingerprint density at radius 3 is 2.58 bits per heavy atom. The van der Waals surface area contributed by atoms with Crippen LogP contribution in [0.5, 0.6) is 11.5 Å². The molecule has 1 aromatic heterocycles. The summed E-state index contributed by atoms with van der Waals surface area (Å²) >= 11 is 17.9. The molecule has 1 heterocycles. The summed E-state index contributed by atoms with van der Waals surface area (Å²) in [6.07, 6.45) is 7.48. The minimum absolute atomic E-state index is 0.298. The summed E-state index contributed by atoms with van der Waals surface area (Å²) in [4.78, 5) is 0. The smallest absolute Gasteiger partial charge is 0.216 e. The topological polar surface area (TPSA) is 64.4 Å². The van der Waals surface area contributed by atoms with Crippen LogP contribution < -0.4 is 9.47 Å². The number of methoxy groups -OCH3 is 2. The molecule has 26 heavy (non-hydrogen) atoms. The standard InChI is InChI=1S/C17H20Cl2N4O2S/c1-24-14-11(8-12(18)15(25-2)13(14)19)9-20-23-16(21-22-17(23)26)10-6-4-3-5-7-10/h8-10H,3-7H2,1-2H3,(H,22,26)/b20-9-. The highest BCUT2D eigenvalue weighted by Crippen LogP contribution is 2.41. The lowest BCUT2D eigenvalue weighted by Crippen LogP contribution is -2.10. The summed E-state index contributed by atoms with van der Waals surface area (Å²) in [6, 6.07) is 1.69. The molecular formula is C17H20Cl2N4O2S. The first-order valence-corrected chi connectivity index (χ1v) is 9.54. The van der Waals surface area contributed by atoms with Gasteiger partial charge >= 0.3 is 0 Å². The van der Waals surface area contributed by atoms with Gasteiger partial charge in [-0.1, -0.05) is 42.5 Å². The van der Waals surface area contributed by atoms with E-state index < -0.39 is 0 Å². The third-order valence-corrected chi connectivity index (χ3v) is 5.41. The van der Waals surface area contributed by atoms with E-state index in [2.05, 4.69) is 15.3 Å². The minimum atomic E-state index is 0.298. The van der Waals surface area contributed by atoms with Crippen molar-refractivity contribution in [2.45, 2.75) is 38.0 Å². The average Bonchev–Trinajstić information content (AvgIpc) is 3.01. The van der Waals surface area contributed by atoms with E-state index in [1.165, 1.54) is 33.5 Å². The SMILES string of the molecule is COc1c(Cl)cc(/C=N\n2c(C3CCCCC3)n[nH]c2=S)c(OC)c1Cl. The fraction of sp³-hybridized carbons (Fsp3) is 0.471. The van der Waals surface area contributed by atoms with Gasteiger partial charge < -0.3 is 9.47 Å². The predicted molar refractivity (Wildman–Crippen MR) is 106 cm³/mol. The molecule has 0 amide bonds. The van der Waals surface area contributed by atoms with E-state index in [1.54, 1.807) is 17.0 Å². The molecular weight excluding hydrogens is 395 g/mol. The molecule has 2 aromatic rings. The molecule has 1 aliphatic carbocycles. The predicted octanol–water partition coefficient (Wildman–Crippen LogP) is 5.19. The molecule has 0 bridgehead atoms. The summed E-state index contributed by atoms with van der Waals surface area (Å²) in [6.45, 7) is 0. The van der Waals surface area contributed by atoms with Crippen molar-refractivity contribution in [3.05, 3.63) is 32.3 Å². The molecule has 1 aromatic carbocycles. The lowest BCUT2D eigenvalue weighted by molar-refractivity contribution is 0.394. The summed E-state index contributed by atoms with van der Waals surface area (Å²) < 4.78 is 12.7. The number of aromatic amines is 1. The Morgan fingerprint density at radius 2 is 1.92 bits per heavy atom. The maximum Gasteiger partial charge on any atom is 0.216 e. The van der Waals surface area contributed by atoms with Gasteiger partial charge in [-0.2, -0.15) is 14.9 Å². The summed E-state index contributed by atoms with van der Waals surface area (Å²) in [5.41, 5.74) is 0.626. The summed E-state index contributed by atoms with van der Waals surface area (Å²) in [5, 5.41) is 12.4. The van der Waals surface area contributed by atoms with Gasteiger partial charge in [0.1, 0.15) is 10.8 Å². The fourth-order valence-corrected chi connectivity index (χ4v) is 4.14. The Labute approximate surface area is 167 Å². The number of H-pyrrole nitrogens is 1. The van der Waals surface area contributed by atoms with Crippen molar-refractivity contribution in [1.29, 1.82) is 0 Å². The van der Waals surface area contributed by atoms with Gasteiger partial charge in [-0.3, -0.25) is 5.10 Å². The molecule has 0 saturated heterocycles. The van der Waals surface area contributed by atoms with Gasteiger partial charge in [0.15, 0.2) is 11.6 Å². The van der Waals surface area contributed by atoms with Gasteiger partial charge in [0, 0.05) is 11.5 Å². The molecule has 1 fully saturated rings. The maximum absolute atomic E-state index is 6.32. The Kier molecular flexibility index (Phi) is 6.21. The number of hydrogen-bond acceptors (Lipinski definition) is 5. The van der Waals surface area contributed by atoms with Crippen LogP contribution in [0.25, 0.3) is 0 Å². The van der Waals surface area contributed by atoms with Crippen LogP contribution in [0.1, 0.15) is 49.4 Å². The lowest BCUT2D eigenvalue weighted by Gasteiger charge is -2.20. The van der Waals surface area contributed by atoms with E-state index >= 15 is 0 Å². The molecule has 1 saturated carbocycles. The average molecular weight is 415 g/mol. The van der Waals surface area contributed by atoms with Crippen molar-refractivity contribution in [2.75, 3.05) is 14.2 Å². The van der Waals surface area contributed by atoms with E-state index in [0.717, 1.165) is 18.7 Å². The number of nitrogens with zero attached hydrogens (tertiary/aromatic N) is 3.